The van der Waals surface area contributed by atoms with Crippen LogP contribution in [0.5, 0.6) is 0 Å². The minimum absolute atomic E-state index is 0.0588. The second-order valence-electron chi connectivity index (χ2n) is 17.5. The number of hydrogen-bond donors (Lipinski definition) is 1. The lowest BCUT2D eigenvalue weighted by Crippen LogP contribution is -2.47. The molecule has 63 heavy (non-hydrogen) atoms. The van der Waals surface area contributed by atoms with Gasteiger partial charge in [-0.3, -0.25) is 29.0 Å². The first-order chi connectivity index (χ1) is 30.7. The molecule has 0 bridgehead atoms. The number of benzene rings is 7. The summed E-state index contributed by atoms with van der Waals surface area (Å²) in [6.07, 6.45) is 0.523. The Morgan fingerprint density at radius 3 is 1.95 bits per heavy atom. The van der Waals surface area contributed by atoms with Crippen molar-refractivity contribution in [1.82, 2.24) is 4.90 Å². The highest BCUT2D eigenvalue weighted by molar-refractivity contribution is 6.29. The molecule has 5 aliphatic heterocycles. The van der Waals surface area contributed by atoms with E-state index in [9.17, 15) is 19.5 Å². The molecule has 7 aromatic rings. The first-order valence-corrected chi connectivity index (χ1v) is 21.7. The fourth-order valence-electron chi connectivity index (χ4n) is 11.1. The molecular weight excluding hydrogens is 789 g/mol. The van der Waals surface area contributed by atoms with Crippen LogP contribution in [-0.4, -0.2) is 52.4 Å². The molecule has 0 saturated carbocycles. The highest BCUT2D eigenvalue weighted by Gasteiger charge is 2.60. The largest absolute Gasteiger partial charge is 0.394 e. The Bertz CT molecular complexity index is 3120. The fourth-order valence-corrected chi connectivity index (χ4v) is 11.1. The van der Waals surface area contributed by atoms with Gasteiger partial charge < -0.3 is 19.6 Å². The van der Waals surface area contributed by atoms with Crippen LogP contribution in [0.3, 0.4) is 0 Å². The molecule has 0 aromatic heterocycles. The van der Waals surface area contributed by atoms with Crippen LogP contribution in [0.2, 0.25) is 0 Å². The minimum atomic E-state index is -1.42. The molecule has 7 aromatic carbocycles. The number of fused-ring (bicyclic) bond motifs is 3. The number of hydrogen-bond acceptors (Lipinski definition) is 6. The van der Waals surface area contributed by atoms with Gasteiger partial charge in [0.05, 0.1) is 59.9 Å². The normalized spacial score (nSPS) is 22.0. The standard InChI is InChI=1S/C53H42N4O6/c1-31-24-40(27-47(59)54-29-36-9-3-2-8-35(36)25-39(54)30-58)63-53(31)43-26-38(57-46-17-7-13-34-11-5-15-42(49(34)46)51(57)61)22-23-44(43)55(52(53)62)28-32-18-20-37(21-19-32)56-45-16-6-12-33-10-4-14-41(48(33)45)50(56)60/h2-23,26,31,39-40,58H,24-25,27-30H2,1H3/t31-,39-,40-,53+/m0/s1. The van der Waals surface area contributed by atoms with Crippen LogP contribution in [0, 0.1) is 5.92 Å². The van der Waals surface area contributed by atoms with Crippen LogP contribution in [0.15, 0.2) is 140 Å². The van der Waals surface area contributed by atoms with Gasteiger partial charge in [-0.25, -0.2) is 0 Å². The van der Waals surface area contributed by atoms with Crippen molar-refractivity contribution >= 4 is 73.6 Å². The van der Waals surface area contributed by atoms with E-state index in [1.54, 1.807) is 19.6 Å². The predicted molar refractivity (Wildman–Crippen MR) is 241 cm³/mol. The summed E-state index contributed by atoms with van der Waals surface area (Å²) >= 11 is 0. The van der Waals surface area contributed by atoms with Crippen LogP contribution in [0.25, 0.3) is 21.5 Å². The molecule has 1 fully saturated rings. The van der Waals surface area contributed by atoms with Crippen molar-refractivity contribution in [1.29, 1.82) is 0 Å². The van der Waals surface area contributed by atoms with Gasteiger partial charge in [0.15, 0.2) is 5.60 Å². The predicted octanol–water partition coefficient (Wildman–Crippen LogP) is 9.08. The SMILES string of the molecule is C[C@H]1C[C@@H](CC(=O)N2Cc3ccccc3C[C@H]2CO)O[C@]12C(=O)N(Cc1ccc(N3C(=O)c4cccc5cccc3c45)cc1)c1ccc(N3C(=O)c4cccc5cccc3c45)cc12. The molecule has 10 nitrogen and oxygen atoms in total. The van der Waals surface area contributed by atoms with Gasteiger partial charge in [0.25, 0.3) is 17.7 Å². The van der Waals surface area contributed by atoms with Gasteiger partial charge in [0.2, 0.25) is 5.91 Å². The first-order valence-electron chi connectivity index (χ1n) is 21.7. The van der Waals surface area contributed by atoms with E-state index in [1.807, 2.05) is 146 Å². The van der Waals surface area contributed by atoms with Crippen molar-refractivity contribution < 1.29 is 29.0 Å². The lowest BCUT2D eigenvalue weighted by Gasteiger charge is -2.36. The van der Waals surface area contributed by atoms with Crippen molar-refractivity contribution in [2.75, 3.05) is 21.3 Å². The molecule has 310 valence electrons. The third kappa shape index (κ3) is 5.44. The summed E-state index contributed by atoms with van der Waals surface area (Å²) in [5, 5.41) is 14.2. The number of amides is 4. The molecular formula is C53H42N4O6. The summed E-state index contributed by atoms with van der Waals surface area (Å²) in [4.78, 5) is 64.3. The van der Waals surface area contributed by atoms with Crippen LogP contribution in [0.1, 0.15) is 62.7 Å². The van der Waals surface area contributed by atoms with Gasteiger partial charge in [-0.15, -0.1) is 0 Å². The summed E-state index contributed by atoms with van der Waals surface area (Å²) in [6.45, 7) is 2.49. The highest BCUT2D eigenvalue weighted by atomic mass is 16.5. The Hall–Kier alpha value is -7.14. The Morgan fingerprint density at radius 1 is 0.698 bits per heavy atom. The summed E-state index contributed by atoms with van der Waals surface area (Å²) in [5.74, 6) is -0.891. The zero-order valence-electron chi connectivity index (χ0n) is 34.5. The van der Waals surface area contributed by atoms with E-state index < -0.39 is 11.7 Å². The van der Waals surface area contributed by atoms with Crippen molar-refractivity contribution in [2.24, 2.45) is 5.92 Å². The lowest BCUT2D eigenvalue weighted by molar-refractivity contribution is -0.151. The quantitative estimate of drug-likeness (QED) is 0.172. The van der Waals surface area contributed by atoms with Crippen molar-refractivity contribution in [3.05, 3.63) is 173 Å². The Balaban J connectivity index is 0.887. The maximum Gasteiger partial charge on any atom is 0.264 e. The third-order valence-electron chi connectivity index (χ3n) is 14.1. The van der Waals surface area contributed by atoms with Gasteiger partial charge in [-0.2, -0.15) is 0 Å². The maximum absolute atomic E-state index is 15.3. The van der Waals surface area contributed by atoms with E-state index in [4.69, 9.17) is 4.74 Å². The summed E-state index contributed by atoms with van der Waals surface area (Å²) in [5.41, 5.74) is 7.25. The highest BCUT2D eigenvalue weighted by Crippen LogP contribution is 2.56. The molecule has 5 aliphatic rings. The topological polar surface area (TPSA) is 111 Å². The van der Waals surface area contributed by atoms with Crippen LogP contribution in [0.4, 0.5) is 28.4 Å². The number of carbonyl (C=O) groups is 4. The van der Waals surface area contributed by atoms with E-state index in [0.29, 0.717) is 47.5 Å². The molecule has 1 N–H and O–H groups in total. The molecule has 12 rings (SSSR count). The van der Waals surface area contributed by atoms with Gasteiger partial charge in [-0.1, -0.05) is 91.9 Å². The Labute approximate surface area is 363 Å². The van der Waals surface area contributed by atoms with E-state index in [0.717, 1.165) is 55.3 Å². The van der Waals surface area contributed by atoms with E-state index >= 15 is 4.79 Å². The number of nitrogens with zero attached hydrogens (tertiary/aromatic N) is 4. The molecule has 0 aliphatic carbocycles. The monoisotopic (exact) mass is 830 g/mol. The Morgan fingerprint density at radius 2 is 1.30 bits per heavy atom. The van der Waals surface area contributed by atoms with E-state index in [2.05, 4.69) is 0 Å². The third-order valence-corrected chi connectivity index (χ3v) is 14.1. The number of ether oxygens (including phenoxy) is 1. The molecule has 1 saturated heterocycles. The van der Waals surface area contributed by atoms with Crippen LogP contribution >= 0.6 is 0 Å². The number of carbonyl (C=O) groups excluding carboxylic acids is 4. The zero-order valence-corrected chi connectivity index (χ0v) is 34.5. The summed E-state index contributed by atoms with van der Waals surface area (Å²) in [7, 11) is 0. The Kier molecular flexibility index (Phi) is 8.32. The summed E-state index contributed by atoms with van der Waals surface area (Å²) < 4.78 is 7.00. The number of anilines is 5. The van der Waals surface area contributed by atoms with Gasteiger partial charge in [-0.05, 0) is 94.9 Å². The van der Waals surface area contributed by atoms with Gasteiger partial charge >= 0.3 is 0 Å². The van der Waals surface area contributed by atoms with Crippen molar-refractivity contribution in [2.45, 2.75) is 57.0 Å². The van der Waals surface area contributed by atoms with E-state index in [1.165, 1.54) is 0 Å². The average molecular weight is 831 g/mol. The first kappa shape index (κ1) is 37.6. The number of rotatable bonds is 7. The second-order valence-corrected chi connectivity index (χ2v) is 17.5. The van der Waals surface area contributed by atoms with Gasteiger partial charge in [0, 0.05) is 40.2 Å². The van der Waals surface area contributed by atoms with Crippen molar-refractivity contribution in [3.8, 4) is 0 Å². The van der Waals surface area contributed by atoms with Crippen molar-refractivity contribution in [3.63, 3.8) is 0 Å². The second kappa shape index (κ2) is 13.9. The fraction of sp³-hybridized carbons (Fsp3) is 0.208. The average Bonchev–Trinajstić information content (AvgIpc) is 3.97. The van der Waals surface area contributed by atoms with Gasteiger partial charge in [0.1, 0.15) is 0 Å². The maximum atomic E-state index is 15.3. The number of aliphatic hydroxyl groups excluding tert-OH is 1. The lowest BCUT2D eigenvalue weighted by atomic mass is 9.82. The van der Waals surface area contributed by atoms with E-state index in [-0.39, 0.29) is 55.2 Å². The molecule has 4 atom stereocenters. The molecule has 5 heterocycles. The van der Waals surface area contributed by atoms with Crippen LogP contribution < -0.4 is 14.7 Å². The number of aliphatic hydroxyl groups is 1. The molecule has 10 heteroatoms. The summed E-state index contributed by atoms with van der Waals surface area (Å²) in [6, 6.07) is 44.5. The molecule has 4 amide bonds. The molecule has 0 radical (unpaired) electrons. The zero-order chi connectivity index (χ0) is 42.7. The minimum Gasteiger partial charge on any atom is -0.394 e. The molecule has 1 spiro atoms. The smallest absolute Gasteiger partial charge is 0.264 e. The molecule has 0 unspecified atom stereocenters. The van der Waals surface area contributed by atoms with Crippen LogP contribution in [-0.2, 0) is 39.4 Å².